The third-order valence-electron chi connectivity index (χ3n) is 7.61. The molecular weight excluding hydrogens is 422 g/mol. The SMILES string of the molecule is C[C@@H]1[C@@H](C)C(C)(C)[C@@H](C)C[C@H]1Nc1cnn(CC(=O)NCc2ccncc2)c(=O)c1C(=O)O. The lowest BCUT2D eigenvalue weighted by Gasteiger charge is -2.50. The minimum absolute atomic E-state index is 0.0156. The Hall–Kier alpha value is -3.23. The predicted molar refractivity (Wildman–Crippen MR) is 125 cm³/mol. The van der Waals surface area contributed by atoms with Crippen molar-refractivity contribution in [2.24, 2.45) is 23.2 Å². The monoisotopic (exact) mass is 455 g/mol. The van der Waals surface area contributed by atoms with Gasteiger partial charge in [-0.3, -0.25) is 14.6 Å². The van der Waals surface area contributed by atoms with Crippen molar-refractivity contribution in [2.45, 2.75) is 60.2 Å². The molecule has 0 saturated heterocycles. The van der Waals surface area contributed by atoms with Crippen LogP contribution in [0.25, 0.3) is 0 Å². The highest BCUT2D eigenvalue weighted by molar-refractivity contribution is 5.93. The van der Waals surface area contributed by atoms with Crippen LogP contribution in [0.4, 0.5) is 5.69 Å². The van der Waals surface area contributed by atoms with Gasteiger partial charge in [0.2, 0.25) is 5.91 Å². The van der Waals surface area contributed by atoms with Gasteiger partial charge in [0.15, 0.2) is 5.56 Å². The highest BCUT2D eigenvalue weighted by Gasteiger charge is 2.43. The van der Waals surface area contributed by atoms with Gasteiger partial charge in [-0.05, 0) is 47.3 Å². The Morgan fingerprint density at radius 2 is 1.88 bits per heavy atom. The van der Waals surface area contributed by atoms with Gasteiger partial charge in [0.25, 0.3) is 5.56 Å². The summed E-state index contributed by atoms with van der Waals surface area (Å²) in [6.45, 7) is 11.0. The zero-order valence-corrected chi connectivity index (χ0v) is 19.8. The second-order valence-electron chi connectivity index (χ2n) is 9.69. The second-order valence-corrected chi connectivity index (χ2v) is 9.69. The Morgan fingerprint density at radius 3 is 2.52 bits per heavy atom. The molecule has 1 saturated carbocycles. The van der Waals surface area contributed by atoms with Crippen molar-refractivity contribution < 1.29 is 14.7 Å². The molecule has 2 aromatic rings. The molecule has 3 rings (SSSR count). The first-order valence-corrected chi connectivity index (χ1v) is 11.3. The molecule has 0 radical (unpaired) electrons. The molecule has 1 fully saturated rings. The summed E-state index contributed by atoms with van der Waals surface area (Å²) in [5, 5.41) is 19.8. The quantitative estimate of drug-likeness (QED) is 0.586. The Kier molecular flexibility index (Phi) is 7.19. The lowest BCUT2D eigenvalue weighted by Crippen LogP contribution is -2.48. The summed E-state index contributed by atoms with van der Waals surface area (Å²) in [6.07, 6.45) is 5.43. The van der Waals surface area contributed by atoms with E-state index in [0.717, 1.165) is 16.7 Å². The third kappa shape index (κ3) is 5.23. The molecule has 4 atom stereocenters. The van der Waals surface area contributed by atoms with Gasteiger partial charge in [-0.15, -0.1) is 0 Å². The topological polar surface area (TPSA) is 126 Å². The van der Waals surface area contributed by atoms with Crippen LogP contribution >= 0.6 is 0 Å². The summed E-state index contributed by atoms with van der Waals surface area (Å²) >= 11 is 0. The van der Waals surface area contributed by atoms with Gasteiger partial charge < -0.3 is 15.7 Å². The van der Waals surface area contributed by atoms with Crippen LogP contribution < -0.4 is 16.2 Å². The van der Waals surface area contributed by atoms with Gasteiger partial charge in [0.05, 0.1) is 11.9 Å². The molecule has 2 heterocycles. The normalized spacial score (nSPS) is 24.2. The molecule has 33 heavy (non-hydrogen) atoms. The van der Waals surface area contributed by atoms with E-state index in [1.54, 1.807) is 24.5 Å². The molecule has 1 aliphatic rings. The van der Waals surface area contributed by atoms with E-state index in [2.05, 4.69) is 55.3 Å². The van der Waals surface area contributed by atoms with E-state index in [0.29, 0.717) is 11.8 Å². The number of aromatic carboxylic acids is 1. The molecule has 3 N–H and O–H groups in total. The number of carbonyl (C=O) groups is 2. The van der Waals surface area contributed by atoms with Crippen LogP contribution in [0.1, 0.15) is 57.0 Å². The number of nitrogens with zero attached hydrogens (tertiary/aromatic N) is 3. The highest BCUT2D eigenvalue weighted by atomic mass is 16.4. The number of carboxylic acids is 1. The van der Waals surface area contributed by atoms with Crippen molar-refractivity contribution in [1.82, 2.24) is 20.1 Å². The Morgan fingerprint density at radius 1 is 1.21 bits per heavy atom. The number of hydrogen-bond donors (Lipinski definition) is 3. The minimum atomic E-state index is -1.35. The predicted octanol–water partition coefficient (Wildman–Crippen LogP) is 2.77. The zero-order valence-electron chi connectivity index (χ0n) is 19.8. The Bertz CT molecular complexity index is 1070. The fraction of sp³-hybridized carbons (Fsp3) is 0.542. The minimum Gasteiger partial charge on any atom is -0.477 e. The van der Waals surface area contributed by atoms with Crippen molar-refractivity contribution in [2.75, 3.05) is 5.32 Å². The molecule has 1 amide bonds. The van der Waals surface area contributed by atoms with Crippen molar-refractivity contribution in [3.63, 3.8) is 0 Å². The van der Waals surface area contributed by atoms with Crippen LogP contribution in [0.3, 0.4) is 0 Å². The summed E-state index contributed by atoms with van der Waals surface area (Å²) in [4.78, 5) is 41.1. The first-order chi connectivity index (χ1) is 15.5. The van der Waals surface area contributed by atoms with Crippen LogP contribution in [0.15, 0.2) is 35.5 Å². The van der Waals surface area contributed by atoms with Gasteiger partial charge in [0.1, 0.15) is 6.54 Å². The first-order valence-electron chi connectivity index (χ1n) is 11.3. The lowest BCUT2D eigenvalue weighted by molar-refractivity contribution is -0.122. The maximum absolute atomic E-state index is 12.9. The van der Waals surface area contributed by atoms with Crippen molar-refractivity contribution >= 4 is 17.6 Å². The Labute approximate surface area is 193 Å². The van der Waals surface area contributed by atoms with E-state index < -0.39 is 23.0 Å². The van der Waals surface area contributed by atoms with E-state index >= 15 is 0 Å². The second kappa shape index (κ2) is 9.72. The number of pyridine rings is 1. The van der Waals surface area contributed by atoms with Gasteiger partial charge in [-0.25, -0.2) is 9.48 Å². The summed E-state index contributed by atoms with van der Waals surface area (Å²) in [6, 6.07) is 3.55. The maximum atomic E-state index is 12.9. The van der Waals surface area contributed by atoms with Crippen LogP contribution in [0, 0.1) is 23.2 Å². The van der Waals surface area contributed by atoms with Crippen LogP contribution in [-0.4, -0.2) is 37.8 Å². The highest BCUT2D eigenvalue weighted by Crippen LogP contribution is 2.48. The summed E-state index contributed by atoms with van der Waals surface area (Å²) in [5.41, 5.74) is 0.00804. The fourth-order valence-corrected chi connectivity index (χ4v) is 4.57. The molecule has 2 aromatic heterocycles. The Balaban J connectivity index is 1.77. The van der Waals surface area contributed by atoms with E-state index in [-0.39, 0.29) is 36.2 Å². The third-order valence-corrected chi connectivity index (χ3v) is 7.61. The lowest BCUT2D eigenvalue weighted by atomic mass is 9.58. The number of hydrogen-bond acceptors (Lipinski definition) is 6. The molecule has 0 aliphatic heterocycles. The number of carboxylic acid groups (broad SMARTS) is 1. The number of rotatable bonds is 7. The molecule has 9 nitrogen and oxygen atoms in total. The smallest absolute Gasteiger partial charge is 0.343 e. The standard InChI is InChI=1S/C24H33N5O4/c1-14-10-18(15(2)16(3)24(14,4)5)28-19-12-27-29(22(31)21(19)23(32)33)13-20(30)26-11-17-6-8-25-9-7-17/h6-9,12,14-16,18,28H,10-11,13H2,1-5H3,(H,26,30)(H,32,33)/t14-,15+,16+,18+/m0/s1. The van der Waals surface area contributed by atoms with Crippen LogP contribution in [0.2, 0.25) is 0 Å². The first kappa shape index (κ1) is 24.4. The number of anilines is 1. The van der Waals surface area contributed by atoms with Crippen molar-refractivity contribution in [3.05, 3.63) is 52.2 Å². The largest absolute Gasteiger partial charge is 0.477 e. The summed E-state index contributed by atoms with van der Waals surface area (Å²) in [5.74, 6) is -0.680. The molecule has 0 spiro atoms. The van der Waals surface area contributed by atoms with Gasteiger partial charge in [-0.1, -0.05) is 34.6 Å². The number of aromatic nitrogens is 3. The molecule has 0 aromatic carbocycles. The van der Waals surface area contributed by atoms with Crippen LogP contribution in [0.5, 0.6) is 0 Å². The average molecular weight is 456 g/mol. The molecular formula is C24H33N5O4. The van der Waals surface area contributed by atoms with Crippen molar-refractivity contribution in [3.8, 4) is 0 Å². The average Bonchev–Trinajstić information content (AvgIpc) is 2.77. The van der Waals surface area contributed by atoms with Crippen molar-refractivity contribution in [1.29, 1.82) is 0 Å². The molecule has 0 bridgehead atoms. The number of carbonyl (C=O) groups excluding carboxylic acids is 1. The van der Waals surface area contributed by atoms with Gasteiger partial charge >= 0.3 is 5.97 Å². The van der Waals surface area contributed by atoms with E-state index in [1.807, 2.05) is 0 Å². The maximum Gasteiger partial charge on any atom is 0.343 e. The zero-order chi connectivity index (χ0) is 24.3. The molecule has 9 heteroatoms. The molecule has 178 valence electrons. The van der Waals surface area contributed by atoms with Gasteiger partial charge in [0, 0.05) is 25.0 Å². The van der Waals surface area contributed by atoms with E-state index in [9.17, 15) is 19.5 Å². The fourth-order valence-electron chi connectivity index (χ4n) is 4.57. The van der Waals surface area contributed by atoms with Crippen LogP contribution in [-0.2, 0) is 17.9 Å². The summed E-state index contributed by atoms with van der Waals surface area (Å²) < 4.78 is 0.884. The number of amides is 1. The summed E-state index contributed by atoms with van der Waals surface area (Å²) in [7, 11) is 0. The van der Waals surface area contributed by atoms with Gasteiger partial charge in [-0.2, -0.15) is 5.10 Å². The molecule has 1 aliphatic carbocycles. The van der Waals surface area contributed by atoms with E-state index in [4.69, 9.17) is 0 Å². The molecule has 0 unspecified atom stereocenters. The number of nitrogens with one attached hydrogen (secondary N) is 2. The van der Waals surface area contributed by atoms with E-state index in [1.165, 1.54) is 6.20 Å².